The molecule has 0 fully saturated rings. The molecule has 0 saturated carbocycles. The summed E-state index contributed by atoms with van der Waals surface area (Å²) in [5, 5.41) is 4.03. The van der Waals surface area contributed by atoms with Crippen molar-refractivity contribution in [2.45, 2.75) is 0 Å². The van der Waals surface area contributed by atoms with Gasteiger partial charge in [0.1, 0.15) is 0 Å². The Kier molecular flexibility index (Phi) is 7.12. The van der Waals surface area contributed by atoms with Gasteiger partial charge in [0.2, 0.25) is 0 Å². The average Bonchev–Trinajstić information content (AvgIpc) is 3.20. The maximum absolute atomic E-state index is 13.3. The van der Waals surface area contributed by atoms with Gasteiger partial charge < -0.3 is 9.80 Å². The average molecular weight is 361 g/mol. The first-order valence-electron chi connectivity index (χ1n) is 7.81. The molecule has 0 aliphatic carbocycles. The van der Waals surface area contributed by atoms with Gasteiger partial charge in [0.05, 0.1) is 0 Å². The van der Waals surface area contributed by atoms with Crippen molar-refractivity contribution >= 4 is 39.6 Å². The van der Waals surface area contributed by atoms with Crippen molar-refractivity contribution in [1.82, 2.24) is 9.80 Å². The smallest absolute Gasteiger partial charge is 0.195 e. The second-order valence-corrected chi connectivity index (χ2v) is 7.94. The third-order valence-corrected chi connectivity index (χ3v) is 5.19. The van der Waals surface area contributed by atoms with Crippen molar-refractivity contribution < 1.29 is 4.79 Å². The molecule has 0 aromatic carbocycles. The minimum Gasteiger partial charge on any atom is -0.306 e. The Morgan fingerprint density at radius 3 is 1.58 bits per heavy atom. The van der Waals surface area contributed by atoms with E-state index in [2.05, 4.69) is 9.80 Å². The van der Waals surface area contributed by atoms with E-state index in [4.69, 9.17) is 0 Å². The van der Waals surface area contributed by atoms with Crippen LogP contribution in [0.1, 0.15) is 9.75 Å². The number of nitrogens with zero attached hydrogens (tertiary/aromatic N) is 2. The van der Waals surface area contributed by atoms with Crippen LogP contribution in [-0.4, -0.2) is 56.9 Å². The van der Waals surface area contributed by atoms with Gasteiger partial charge in [-0.1, -0.05) is 24.3 Å². The molecule has 0 radical (unpaired) electrons. The predicted molar refractivity (Wildman–Crippen MR) is 107 cm³/mol. The lowest BCUT2D eigenvalue weighted by Crippen LogP contribution is -2.15. The van der Waals surface area contributed by atoms with Crippen molar-refractivity contribution in [2.24, 2.45) is 0 Å². The van der Waals surface area contributed by atoms with Gasteiger partial charge in [-0.05, 0) is 51.1 Å². The maximum atomic E-state index is 13.3. The van der Waals surface area contributed by atoms with Crippen LogP contribution in [0.4, 0.5) is 0 Å². The van der Waals surface area contributed by atoms with Crippen molar-refractivity contribution in [3.8, 4) is 0 Å². The molecule has 128 valence electrons. The fourth-order valence-electron chi connectivity index (χ4n) is 2.17. The number of carbonyl (C=O) groups is 1. The molecule has 0 aliphatic rings. The van der Waals surface area contributed by atoms with Gasteiger partial charge in [-0.15, -0.1) is 22.7 Å². The molecule has 24 heavy (non-hydrogen) atoms. The highest BCUT2D eigenvalue weighted by Crippen LogP contribution is 2.30. The number of Topliss-reactive ketones (excluding diaryl/α,β-unsaturated/α-hetero) is 1. The fraction of sp³-hybridized carbons (Fsp3) is 0.316. The first-order chi connectivity index (χ1) is 11.5. The highest BCUT2D eigenvalue weighted by Gasteiger charge is 2.20. The number of ketones is 1. The molecule has 0 unspecified atom stereocenters. The largest absolute Gasteiger partial charge is 0.306 e. The molecule has 0 N–H and O–H groups in total. The minimum atomic E-state index is 0.101. The molecule has 2 heterocycles. The predicted octanol–water partition coefficient (Wildman–Crippen LogP) is 3.97. The topological polar surface area (TPSA) is 23.6 Å². The third-order valence-electron chi connectivity index (χ3n) is 3.38. The lowest BCUT2D eigenvalue weighted by molar-refractivity contribution is -0.108. The van der Waals surface area contributed by atoms with Gasteiger partial charge in [0, 0.05) is 34.0 Å². The first-order valence-corrected chi connectivity index (χ1v) is 9.57. The SMILES string of the molecule is CN(C)CC=C(C(=O)C(=CCN(C)C)c1cccs1)c1cccs1. The highest BCUT2D eigenvalue weighted by molar-refractivity contribution is 7.12. The Morgan fingerprint density at radius 2 is 1.29 bits per heavy atom. The zero-order valence-electron chi connectivity index (χ0n) is 14.7. The van der Waals surface area contributed by atoms with Crippen LogP contribution in [0.5, 0.6) is 0 Å². The van der Waals surface area contributed by atoms with Crippen molar-refractivity contribution in [3.63, 3.8) is 0 Å². The molecule has 2 rings (SSSR count). The van der Waals surface area contributed by atoms with Crippen molar-refractivity contribution in [1.29, 1.82) is 0 Å². The van der Waals surface area contributed by atoms with Gasteiger partial charge in [-0.25, -0.2) is 0 Å². The van der Waals surface area contributed by atoms with E-state index in [1.165, 1.54) is 0 Å². The number of thiophene rings is 2. The van der Waals surface area contributed by atoms with E-state index in [1.807, 2.05) is 75.4 Å². The molecular formula is C19H24N2OS2. The Bertz CT molecular complexity index is 636. The van der Waals surface area contributed by atoms with Crippen molar-refractivity contribution in [3.05, 3.63) is 56.9 Å². The molecule has 0 saturated heterocycles. The molecule has 2 aromatic heterocycles. The number of rotatable bonds is 8. The standard InChI is InChI=1S/C19H24N2OS2/c1-20(2)11-9-15(17-7-5-13-23-17)19(22)16(10-12-21(3)4)18-8-6-14-24-18/h5-10,13-14H,11-12H2,1-4H3. The van der Waals surface area contributed by atoms with Gasteiger partial charge >= 0.3 is 0 Å². The van der Waals surface area contributed by atoms with E-state index in [-0.39, 0.29) is 5.78 Å². The normalized spacial score (nSPS) is 13.1. The highest BCUT2D eigenvalue weighted by atomic mass is 32.1. The molecular weight excluding hydrogens is 336 g/mol. The molecule has 0 bridgehead atoms. The number of hydrogen-bond acceptors (Lipinski definition) is 5. The van der Waals surface area contributed by atoms with Crippen LogP contribution in [-0.2, 0) is 4.79 Å². The Labute approximate surface area is 152 Å². The quantitative estimate of drug-likeness (QED) is 0.666. The summed E-state index contributed by atoms with van der Waals surface area (Å²) in [5.41, 5.74) is 1.58. The molecule has 2 aromatic rings. The number of carbonyl (C=O) groups excluding carboxylic acids is 1. The fourth-order valence-corrected chi connectivity index (χ4v) is 3.69. The molecule has 0 spiro atoms. The van der Waals surface area contributed by atoms with E-state index < -0.39 is 0 Å². The van der Waals surface area contributed by atoms with Crippen molar-refractivity contribution in [2.75, 3.05) is 41.3 Å². The summed E-state index contributed by atoms with van der Waals surface area (Å²) in [6.45, 7) is 1.48. The van der Waals surface area contributed by atoms with Crippen LogP contribution in [0.3, 0.4) is 0 Å². The van der Waals surface area contributed by atoms with E-state index in [9.17, 15) is 4.79 Å². The molecule has 0 atom stereocenters. The summed E-state index contributed by atoms with van der Waals surface area (Å²) in [7, 11) is 8.04. The first kappa shape index (κ1) is 18.8. The number of allylic oxidation sites excluding steroid dienone is 2. The monoisotopic (exact) mass is 360 g/mol. The second kappa shape index (κ2) is 9.08. The summed E-state index contributed by atoms with van der Waals surface area (Å²) in [6.07, 6.45) is 4.07. The van der Waals surface area contributed by atoms with E-state index >= 15 is 0 Å². The zero-order chi connectivity index (χ0) is 17.5. The van der Waals surface area contributed by atoms with Gasteiger partial charge in [-0.2, -0.15) is 0 Å². The minimum absolute atomic E-state index is 0.101. The zero-order valence-corrected chi connectivity index (χ0v) is 16.3. The van der Waals surface area contributed by atoms with E-state index in [0.29, 0.717) is 0 Å². The summed E-state index contributed by atoms with van der Waals surface area (Å²) in [6, 6.07) is 8.01. The van der Waals surface area contributed by atoms with E-state index in [0.717, 1.165) is 34.0 Å². The van der Waals surface area contributed by atoms with Crippen LogP contribution in [0, 0.1) is 0 Å². The number of hydrogen-bond donors (Lipinski definition) is 0. The van der Waals surface area contributed by atoms with Gasteiger partial charge in [0.25, 0.3) is 0 Å². The van der Waals surface area contributed by atoms with Gasteiger partial charge in [0.15, 0.2) is 5.78 Å². The van der Waals surface area contributed by atoms with Crippen LogP contribution < -0.4 is 0 Å². The molecule has 0 aliphatic heterocycles. The summed E-state index contributed by atoms with van der Waals surface area (Å²) < 4.78 is 0. The lowest BCUT2D eigenvalue weighted by Gasteiger charge is -2.12. The lowest BCUT2D eigenvalue weighted by atomic mass is 9.99. The second-order valence-electron chi connectivity index (χ2n) is 6.04. The Morgan fingerprint density at radius 1 is 0.875 bits per heavy atom. The summed E-state index contributed by atoms with van der Waals surface area (Å²) >= 11 is 3.22. The van der Waals surface area contributed by atoms with Gasteiger partial charge in [-0.3, -0.25) is 4.79 Å². The summed E-state index contributed by atoms with van der Waals surface area (Å²) in [5.74, 6) is 0.101. The summed E-state index contributed by atoms with van der Waals surface area (Å²) in [4.78, 5) is 19.5. The Hall–Kier alpha value is -1.53. The maximum Gasteiger partial charge on any atom is 0.195 e. The van der Waals surface area contributed by atoms with Crippen LogP contribution >= 0.6 is 22.7 Å². The molecule has 5 heteroatoms. The molecule has 0 amide bonds. The van der Waals surface area contributed by atoms with Crippen LogP contribution in [0.2, 0.25) is 0 Å². The van der Waals surface area contributed by atoms with Crippen LogP contribution in [0.15, 0.2) is 47.2 Å². The van der Waals surface area contributed by atoms with Crippen LogP contribution in [0.25, 0.3) is 11.1 Å². The number of likely N-dealkylation sites (N-methyl/N-ethyl adjacent to an activating group) is 2. The Balaban J connectivity index is 2.40. The third kappa shape index (κ3) is 5.24. The molecule has 3 nitrogen and oxygen atoms in total. The van der Waals surface area contributed by atoms with E-state index in [1.54, 1.807) is 22.7 Å².